The summed E-state index contributed by atoms with van der Waals surface area (Å²) in [5, 5.41) is 14.0. The number of nitrogens with zero attached hydrogens (tertiary/aromatic N) is 2. The van der Waals surface area contributed by atoms with Gasteiger partial charge in [-0.3, -0.25) is 4.99 Å². The number of aliphatic hydroxyl groups is 1. The maximum absolute atomic E-state index is 10.6. The summed E-state index contributed by atoms with van der Waals surface area (Å²) in [6, 6.07) is 5.39. The van der Waals surface area contributed by atoms with Crippen molar-refractivity contribution in [2.45, 2.75) is 19.4 Å². The first-order chi connectivity index (χ1) is 14.1. The monoisotopic (exact) mass is 537 g/mol. The molecule has 30 heavy (non-hydrogen) atoms. The molecule has 0 bridgehead atoms. The first-order valence-corrected chi connectivity index (χ1v) is 10.1. The van der Waals surface area contributed by atoms with Crippen LogP contribution in [0.4, 0.5) is 0 Å². The minimum Gasteiger partial charge on any atom is -0.497 e. The van der Waals surface area contributed by atoms with E-state index in [-0.39, 0.29) is 30.5 Å². The summed E-state index contributed by atoms with van der Waals surface area (Å²) in [5.74, 6) is 2.58. The maximum Gasteiger partial charge on any atom is 0.194 e. The Balaban J connectivity index is 0.00000450. The molecule has 0 aromatic heterocycles. The molecule has 9 heteroatoms. The Morgan fingerprint density at radius 1 is 1.20 bits per heavy atom. The largest absolute Gasteiger partial charge is 0.497 e. The van der Waals surface area contributed by atoms with Crippen LogP contribution in [-0.4, -0.2) is 83.3 Å². The third-order valence-electron chi connectivity index (χ3n) is 4.88. The molecule has 2 N–H and O–H groups in total. The summed E-state index contributed by atoms with van der Waals surface area (Å²) < 4.78 is 21.3. The SMILES string of the molecule is CCNC(=NCC(O)c1cc(OC)cc(OC)c1)N1CCC(COCCOC)C1.I. The molecule has 1 heterocycles. The highest BCUT2D eigenvalue weighted by molar-refractivity contribution is 14.0. The Kier molecular flexibility index (Phi) is 13.1. The van der Waals surface area contributed by atoms with Gasteiger partial charge in [-0.2, -0.15) is 0 Å². The molecule has 0 radical (unpaired) electrons. The van der Waals surface area contributed by atoms with E-state index in [1.807, 2.05) is 6.92 Å². The lowest BCUT2D eigenvalue weighted by atomic mass is 10.1. The molecule has 2 rings (SSSR count). The molecule has 2 atom stereocenters. The first-order valence-electron chi connectivity index (χ1n) is 10.1. The lowest BCUT2D eigenvalue weighted by Crippen LogP contribution is -2.40. The van der Waals surface area contributed by atoms with Gasteiger partial charge in [0.25, 0.3) is 0 Å². The number of hydrogen-bond acceptors (Lipinski definition) is 6. The van der Waals surface area contributed by atoms with Gasteiger partial charge in [-0.25, -0.2) is 0 Å². The summed E-state index contributed by atoms with van der Waals surface area (Å²) in [7, 11) is 4.86. The average molecular weight is 537 g/mol. The van der Waals surface area contributed by atoms with E-state index in [9.17, 15) is 5.11 Å². The number of ether oxygens (including phenoxy) is 4. The van der Waals surface area contributed by atoms with Crippen LogP contribution in [0.3, 0.4) is 0 Å². The topological polar surface area (TPSA) is 84.8 Å². The third-order valence-corrected chi connectivity index (χ3v) is 4.88. The number of methoxy groups -OCH3 is 3. The van der Waals surface area contributed by atoms with Crippen molar-refractivity contribution in [3.63, 3.8) is 0 Å². The van der Waals surface area contributed by atoms with Crippen LogP contribution in [0, 0.1) is 5.92 Å². The normalized spacial score (nSPS) is 17.4. The van der Waals surface area contributed by atoms with Crippen molar-refractivity contribution in [2.24, 2.45) is 10.9 Å². The highest BCUT2D eigenvalue weighted by Crippen LogP contribution is 2.26. The van der Waals surface area contributed by atoms with Crippen LogP contribution < -0.4 is 14.8 Å². The minimum absolute atomic E-state index is 0. The highest BCUT2D eigenvalue weighted by atomic mass is 127. The lowest BCUT2D eigenvalue weighted by Gasteiger charge is -2.22. The fourth-order valence-corrected chi connectivity index (χ4v) is 3.28. The van der Waals surface area contributed by atoms with Crippen molar-refractivity contribution in [1.82, 2.24) is 10.2 Å². The van der Waals surface area contributed by atoms with Gasteiger partial charge in [-0.1, -0.05) is 0 Å². The standard InChI is InChI=1S/C21H35N3O5.HI/c1-5-22-21(24-7-6-16(14-24)15-29-9-8-26-2)23-13-20(25)17-10-18(27-3)12-19(11-17)28-4;/h10-12,16,20,25H,5-9,13-15H2,1-4H3,(H,22,23);1H. The van der Waals surface area contributed by atoms with Crippen molar-refractivity contribution in [3.05, 3.63) is 23.8 Å². The summed E-state index contributed by atoms with van der Waals surface area (Å²) in [6.45, 7) is 6.85. The van der Waals surface area contributed by atoms with Crippen LogP contribution in [0.25, 0.3) is 0 Å². The number of halogens is 1. The predicted molar refractivity (Wildman–Crippen MR) is 128 cm³/mol. The molecular weight excluding hydrogens is 501 g/mol. The van der Waals surface area contributed by atoms with Gasteiger partial charge in [0.1, 0.15) is 11.5 Å². The molecular formula is C21H36IN3O5. The van der Waals surface area contributed by atoms with Gasteiger partial charge in [0.05, 0.1) is 46.7 Å². The summed E-state index contributed by atoms with van der Waals surface area (Å²) in [6.07, 6.45) is 0.316. The fourth-order valence-electron chi connectivity index (χ4n) is 3.28. The first kappa shape index (κ1) is 26.7. The number of aliphatic hydroxyl groups excluding tert-OH is 1. The molecule has 1 fully saturated rings. The van der Waals surface area contributed by atoms with E-state index in [1.165, 1.54) is 0 Å². The van der Waals surface area contributed by atoms with Gasteiger partial charge < -0.3 is 34.3 Å². The van der Waals surface area contributed by atoms with Crippen molar-refractivity contribution < 1.29 is 24.1 Å². The van der Waals surface area contributed by atoms with Crippen molar-refractivity contribution >= 4 is 29.9 Å². The van der Waals surface area contributed by atoms with Gasteiger partial charge >= 0.3 is 0 Å². The fraction of sp³-hybridized carbons (Fsp3) is 0.667. The Hall–Kier alpha value is -1.30. The molecule has 1 saturated heterocycles. The zero-order valence-electron chi connectivity index (χ0n) is 18.4. The van der Waals surface area contributed by atoms with Gasteiger partial charge in [-0.15, -0.1) is 24.0 Å². The number of benzene rings is 1. The van der Waals surface area contributed by atoms with Crippen LogP contribution in [0.5, 0.6) is 11.5 Å². The number of aliphatic imine (C=N–C) groups is 1. The summed E-state index contributed by atoms with van der Waals surface area (Å²) in [4.78, 5) is 6.89. The van der Waals surface area contributed by atoms with E-state index in [2.05, 4.69) is 15.2 Å². The molecule has 0 aliphatic carbocycles. The van der Waals surface area contributed by atoms with Crippen LogP contribution >= 0.6 is 24.0 Å². The van der Waals surface area contributed by atoms with E-state index in [1.54, 1.807) is 39.5 Å². The number of hydrogen-bond donors (Lipinski definition) is 2. The van der Waals surface area contributed by atoms with Crippen LogP contribution in [-0.2, 0) is 9.47 Å². The lowest BCUT2D eigenvalue weighted by molar-refractivity contribution is 0.0536. The minimum atomic E-state index is -0.747. The second-order valence-corrected chi connectivity index (χ2v) is 7.02. The Bertz CT molecular complexity index is 625. The highest BCUT2D eigenvalue weighted by Gasteiger charge is 2.25. The molecule has 1 aliphatic rings. The molecule has 1 aliphatic heterocycles. The second kappa shape index (κ2) is 14.7. The van der Waals surface area contributed by atoms with Crippen molar-refractivity contribution in [3.8, 4) is 11.5 Å². The molecule has 1 aromatic rings. The van der Waals surface area contributed by atoms with Crippen LogP contribution in [0.15, 0.2) is 23.2 Å². The van der Waals surface area contributed by atoms with E-state index in [0.29, 0.717) is 36.2 Å². The maximum atomic E-state index is 10.6. The Labute approximate surface area is 196 Å². The van der Waals surface area contributed by atoms with Gasteiger partial charge in [0.15, 0.2) is 5.96 Å². The Morgan fingerprint density at radius 2 is 1.90 bits per heavy atom. The molecule has 172 valence electrons. The van der Waals surface area contributed by atoms with Crippen LogP contribution in [0.1, 0.15) is 25.0 Å². The predicted octanol–water partition coefficient (Wildman–Crippen LogP) is 2.31. The summed E-state index contributed by atoms with van der Waals surface area (Å²) in [5.41, 5.74) is 0.714. The smallest absolute Gasteiger partial charge is 0.194 e. The molecule has 2 unspecified atom stereocenters. The van der Waals surface area contributed by atoms with Crippen molar-refractivity contribution in [1.29, 1.82) is 0 Å². The molecule has 1 aromatic carbocycles. The van der Waals surface area contributed by atoms with E-state index in [0.717, 1.165) is 38.6 Å². The van der Waals surface area contributed by atoms with E-state index >= 15 is 0 Å². The van der Waals surface area contributed by atoms with Gasteiger partial charge in [0, 0.05) is 38.7 Å². The second-order valence-electron chi connectivity index (χ2n) is 7.02. The number of likely N-dealkylation sites (tertiary alicyclic amines) is 1. The molecule has 0 amide bonds. The average Bonchev–Trinajstić information content (AvgIpc) is 3.22. The molecule has 0 saturated carbocycles. The summed E-state index contributed by atoms with van der Waals surface area (Å²) >= 11 is 0. The molecule has 0 spiro atoms. The van der Waals surface area contributed by atoms with Gasteiger partial charge in [0.2, 0.25) is 0 Å². The zero-order valence-corrected chi connectivity index (χ0v) is 20.8. The zero-order chi connectivity index (χ0) is 21.1. The molecule has 8 nitrogen and oxygen atoms in total. The number of rotatable bonds is 11. The van der Waals surface area contributed by atoms with Crippen LogP contribution in [0.2, 0.25) is 0 Å². The Morgan fingerprint density at radius 3 is 2.50 bits per heavy atom. The van der Waals surface area contributed by atoms with Crippen molar-refractivity contribution in [2.75, 3.05) is 67.3 Å². The number of guanidine groups is 1. The quantitative estimate of drug-likeness (QED) is 0.194. The third kappa shape index (κ3) is 8.44. The van der Waals surface area contributed by atoms with Gasteiger partial charge in [-0.05, 0) is 31.0 Å². The van der Waals surface area contributed by atoms with E-state index in [4.69, 9.17) is 18.9 Å². The number of nitrogens with one attached hydrogen (secondary N) is 1. The van der Waals surface area contributed by atoms with E-state index < -0.39 is 6.10 Å².